The Morgan fingerprint density at radius 2 is 0.577 bits per heavy atom. The molecular formula is C65H110O6. The van der Waals surface area contributed by atoms with E-state index in [9.17, 15) is 14.4 Å². The number of carbonyl (C=O) groups excluding carboxylic acids is 3. The Hall–Kier alpha value is -3.67. The van der Waals surface area contributed by atoms with Crippen LogP contribution in [0.1, 0.15) is 278 Å². The summed E-state index contributed by atoms with van der Waals surface area (Å²) >= 11 is 0. The van der Waals surface area contributed by atoms with Gasteiger partial charge >= 0.3 is 17.9 Å². The largest absolute Gasteiger partial charge is 0.462 e. The molecule has 0 amide bonds. The lowest BCUT2D eigenvalue weighted by atomic mass is 10.0. The topological polar surface area (TPSA) is 78.9 Å². The first-order valence-corrected chi connectivity index (χ1v) is 29.7. The van der Waals surface area contributed by atoms with Crippen molar-refractivity contribution in [3.63, 3.8) is 0 Å². The number of esters is 3. The maximum absolute atomic E-state index is 12.8. The van der Waals surface area contributed by atoms with E-state index in [-0.39, 0.29) is 31.6 Å². The molecule has 0 saturated carbocycles. The predicted molar refractivity (Wildman–Crippen MR) is 307 cm³/mol. The summed E-state index contributed by atoms with van der Waals surface area (Å²) in [6, 6.07) is 0. The zero-order chi connectivity index (χ0) is 51.4. The van der Waals surface area contributed by atoms with Crippen LogP contribution in [0.15, 0.2) is 97.2 Å². The highest BCUT2D eigenvalue weighted by Crippen LogP contribution is 2.15. The molecule has 0 aromatic carbocycles. The van der Waals surface area contributed by atoms with Crippen molar-refractivity contribution in [1.82, 2.24) is 0 Å². The van der Waals surface area contributed by atoms with Gasteiger partial charge in [-0.15, -0.1) is 0 Å². The molecule has 71 heavy (non-hydrogen) atoms. The van der Waals surface area contributed by atoms with Crippen LogP contribution in [-0.2, 0) is 28.6 Å². The van der Waals surface area contributed by atoms with Crippen molar-refractivity contribution in [3.05, 3.63) is 97.2 Å². The van der Waals surface area contributed by atoms with E-state index in [0.29, 0.717) is 19.3 Å². The average molecular weight is 988 g/mol. The molecule has 6 heteroatoms. The first-order valence-electron chi connectivity index (χ1n) is 29.7. The smallest absolute Gasteiger partial charge is 0.306 e. The molecule has 0 aliphatic heterocycles. The molecular weight excluding hydrogens is 877 g/mol. The van der Waals surface area contributed by atoms with Crippen LogP contribution in [-0.4, -0.2) is 37.2 Å². The van der Waals surface area contributed by atoms with Crippen molar-refractivity contribution in [2.45, 2.75) is 284 Å². The minimum Gasteiger partial charge on any atom is -0.462 e. The Bertz CT molecular complexity index is 1410. The van der Waals surface area contributed by atoms with Gasteiger partial charge in [0, 0.05) is 19.3 Å². The summed E-state index contributed by atoms with van der Waals surface area (Å²) in [6.07, 6.45) is 78.4. The van der Waals surface area contributed by atoms with Crippen molar-refractivity contribution in [3.8, 4) is 0 Å². The van der Waals surface area contributed by atoms with Gasteiger partial charge in [0.1, 0.15) is 13.2 Å². The second-order valence-electron chi connectivity index (χ2n) is 19.5. The SMILES string of the molecule is CC/C=C\C/C=C\C/C=C\C/C=C\C/C=C\C/C=C\CCC(=O)O[C@@H](COC(=O)CCCCCCC/C=C\CCCCCC)COC(=O)CCCCCCCCCCCCC/C=C\CCCCCCCC. The quantitative estimate of drug-likeness (QED) is 0.0261. The highest BCUT2D eigenvalue weighted by atomic mass is 16.6. The van der Waals surface area contributed by atoms with E-state index >= 15 is 0 Å². The molecule has 0 heterocycles. The Morgan fingerprint density at radius 3 is 0.930 bits per heavy atom. The number of unbranched alkanes of at least 4 members (excludes halogenated alkanes) is 26. The summed E-state index contributed by atoms with van der Waals surface area (Å²) in [4.78, 5) is 38.1. The molecule has 0 rings (SSSR count). The average Bonchev–Trinajstić information content (AvgIpc) is 3.37. The molecule has 0 fully saturated rings. The molecule has 0 aliphatic rings. The molecule has 0 unspecified atom stereocenters. The van der Waals surface area contributed by atoms with Gasteiger partial charge in [-0.25, -0.2) is 0 Å². The summed E-state index contributed by atoms with van der Waals surface area (Å²) in [6.45, 7) is 6.45. The highest BCUT2D eigenvalue weighted by Gasteiger charge is 2.19. The summed E-state index contributed by atoms with van der Waals surface area (Å²) in [5.74, 6) is -1.00. The lowest BCUT2D eigenvalue weighted by molar-refractivity contribution is -0.166. The van der Waals surface area contributed by atoms with Crippen LogP contribution in [0.3, 0.4) is 0 Å². The maximum Gasteiger partial charge on any atom is 0.306 e. The van der Waals surface area contributed by atoms with Gasteiger partial charge in [-0.3, -0.25) is 14.4 Å². The van der Waals surface area contributed by atoms with Crippen LogP contribution in [0.25, 0.3) is 0 Å². The molecule has 0 radical (unpaired) electrons. The van der Waals surface area contributed by atoms with Crippen LogP contribution >= 0.6 is 0 Å². The molecule has 0 aliphatic carbocycles. The van der Waals surface area contributed by atoms with Gasteiger partial charge in [-0.1, -0.05) is 246 Å². The molecule has 0 aromatic rings. The fourth-order valence-corrected chi connectivity index (χ4v) is 8.11. The van der Waals surface area contributed by atoms with Crippen molar-refractivity contribution in [2.75, 3.05) is 13.2 Å². The van der Waals surface area contributed by atoms with Gasteiger partial charge in [0.05, 0.1) is 0 Å². The molecule has 0 aromatic heterocycles. The number of ether oxygens (including phenoxy) is 3. The number of carbonyl (C=O) groups is 3. The Labute approximate surface area is 438 Å². The second kappa shape index (κ2) is 58.9. The van der Waals surface area contributed by atoms with Crippen LogP contribution in [0.2, 0.25) is 0 Å². The third kappa shape index (κ3) is 57.1. The lowest BCUT2D eigenvalue weighted by Gasteiger charge is -2.18. The third-order valence-corrected chi connectivity index (χ3v) is 12.6. The highest BCUT2D eigenvalue weighted by molar-refractivity contribution is 5.71. The summed E-state index contributed by atoms with van der Waals surface area (Å²) < 4.78 is 16.8. The minimum absolute atomic E-state index is 0.110. The van der Waals surface area contributed by atoms with Crippen molar-refractivity contribution in [1.29, 1.82) is 0 Å². The van der Waals surface area contributed by atoms with Crippen LogP contribution in [0, 0.1) is 0 Å². The first-order chi connectivity index (χ1) is 35.0. The van der Waals surface area contributed by atoms with E-state index < -0.39 is 12.1 Å². The van der Waals surface area contributed by atoms with Gasteiger partial charge in [-0.2, -0.15) is 0 Å². The van der Waals surface area contributed by atoms with Crippen LogP contribution in [0.5, 0.6) is 0 Å². The van der Waals surface area contributed by atoms with Gasteiger partial charge < -0.3 is 14.2 Å². The third-order valence-electron chi connectivity index (χ3n) is 12.6. The van der Waals surface area contributed by atoms with Gasteiger partial charge in [0.2, 0.25) is 0 Å². The van der Waals surface area contributed by atoms with Crippen LogP contribution < -0.4 is 0 Å². The normalized spacial score (nSPS) is 12.8. The predicted octanol–water partition coefficient (Wildman–Crippen LogP) is 20.1. The minimum atomic E-state index is -0.822. The second-order valence-corrected chi connectivity index (χ2v) is 19.5. The van der Waals surface area contributed by atoms with E-state index in [0.717, 1.165) is 89.9 Å². The molecule has 1 atom stereocenters. The van der Waals surface area contributed by atoms with E-state index in [4.69, 9.17) is 14.2 Å². The summed E-state index contributed by atoms with van der Waals surface area (Å²) in [5.41, 5.74) is 0. The monoisotopic (exact) mass is 987 g/mol. The molecule has 0 saturated heterocycles. The standard InChI is InChI=1S/C65H110O6/c1-4-7-10-13-16-19-22-25-27-29-31-32-34-35-37-40-43-46-49-52-55-58-64(67)70-61-62(60-69-63(66)57-54-51-48-45-42-39-24-21-18-15-12-9-6-3)71-65(68)59-56-53-50-47-44-41-38-36-33-30-28-26-23-20-17-14-11-8-5-2/h8,11,17,20-21,24-28,33,36,41,44,50,53,62H,4-7,9-10,12-16,18-19,22-23,29-32,34-35,37-40,42-43,45-49,51-52,54-61H2,1-3H3/b11-8-,20-17-,24-21-,27-25-,28-26-,36-33-,44-41-,53-50-/t62-/m0/s1. The molecule has 0 spiro atoms. The fourth-order valence-electron chi connectivity index (χ4n) is 8.11. The van der Waals surface area contributed by atoms with Gasteiger partial charge in [-0.05, 0) is 109 Å². The molecule has 0 N–H and O–H groups in total. The van der Waals surface area contributed by atoms with E-state index in [2.05, 4.69) is 112 Å². The Morgan fingerprint density at radius 1 is 0.296 bits per heavy atom. The van der Waals surface area contributed by atoms with E-state index in [1.54, 1.807) is 0 Å². The first kappa shape index (κ1) is 67.3. The van der Waals surface area contributed by atoms with Gasteiger partial charge in [0.25, 0.3) is 0 Å². The summed E-state index contributed by atoms with van der Waals surface area (Å²) in [5, 5.41) is 0. The Kier molecular flexibility index (Phi) is 55.9. The van der Waals surface area contributed by atoms with Crippen LogP contribution in [0.4, 0.5) is 0 Å². The van der Waals surface area contributed by atoms with E-state index in [1.165, 1.54) is 141 Å². The number of hydrogen-bond acceptors (Lipinski definition) is 6. The lowest BCUT2D eigenvalue weighted by Crippen LogP contribution is -2.30. The van der Waals surface area contributed by atoms with E-state index in [1.807, 2.05) is 6.08 Å². The van der Waals surface area contributed by atoms with Crippen molar-refractivity contribution < 1.29 is 28.6 Å². The molecule has 406 valence electrons. The zero-order valence-electron chi connectivity index (χ0n) is 46.5. The zero-order valence-corrected chi connectivity index (χ0v) is 46.5. The molecule has 0 bridgehead atoms. The number of allylic oxidation sites excluding steroid dienone is 16. The van der Waals surface area contributed by atoms with Gasteiger partial charge in [0.15, 0.2) is 6.10 Å². The van der Waals surface area contributed by atoms with Crippen molar-refractivity contribution >= 4 is 17.9 Å². The number of rotatable bonds is 53. The number of hydrogen-bond donors (Lipinski definition) is 0. The fraction of sp³-hybridized carbons (Fsp3) is 0.708. The van der Waals surface area contributed by atoms with Crippen molar-refractivity contribution in [2.24, 2.45) is 0 Å². The maximum atomic E-state index is 12.8. The summed E-state index contributed by atoms with van der Waals surface area (Å²) in [7, 11) is 0. The molecule has 6 nitrogen and oxygen atoms in total. The Balaban J connectivity index is 4.45.